The zero-order chi connectivity index (χ0) is 18.9. The van der Waals surface area contributed by atoms with Crippen molar-refractivity contribution in [3.8, 4) is 5.75 Å². The number of amides is 1. The Morgan fingerprint density at radius 2 is 1.77 bits per heavy atom. The van der Waals surface area contributed by atoms with E-state index in [1.54, 1.807) is 14.1 Å². The van der Waals surface area contributed by atoms with Gasteiger partial charge in [0.25, 0.3) is 5.91 Å². The minimum Gasteiger partial charge on any atom is -0.478 e. The van der Waals surface area contributed by atoms with Crippen LogP contribution in [0.2, 0.25) is 0 Å². The lowest BCUT2D eigenvalue weighted by Gasteiger charge is -2.13. The van der Waals surface area contributed by atoms with Crippen molar-refractivity contribution in [2.45, 2.75) is 9.79 Å². The minimum atomic E-state index is -0.814. The van der Waals surface area contributed by atoms with Crippen LogP contribution < -0.4 is 9.46 Å². The first-order valence-electron chi connectivity index (χ1n) is 7.87. The van der Waals surface area contributed by atoms with Crippen LogP contribution in [0.25, 0.3) is 0 Å². The van der Waals surface area contributed by atoms with Gasteiger partial charge in [-0.25, -0.2) is 8.78 Å². The molecular formula is C18H20F2N2O2S2. The SMILES string of the molecule is CN(C)C(=O)COc1c(F)cc(SCCNSc2ccccc2)cc1F. The summed E-state index contributed by atoms with van der Waals surface area (Å²) in [5, 5.41) is 0. The summed E-state index contributed by atoms with van der Waals surface area (Å²) >= 11 is 2.84. The molecule has 2 aromatic rings. The average Bonchev–Trinajstić information content (AvgIpc) is 2.61. The number of thioether (sulfide) groups is 1. The molecule has 0 heterocycles. The Morgan fingerprint density at radius 3 is 2.38 bits per heavy atom. The molecule has 0 aliphatic carbocycles. The van der Waals surface area contributed by atoms with Crippen molar-refractivity contribution in [1.29, 1.82) is 0 Å². The highest BCUT2D eigenvalue weighted by Gasteiger charge is 2.15. The maximum Gasteiger partial charge on any atom is 0.259 e. The molecule has 4 nitrogen and oxygen atoms in total. The Bertz CT molecular complexity index is 707. The molecule has 0 fully saturated rings. The zero-order valence-corrected chi connectivity index (χ0v) is 16.1. The van der Waals surface area contributed by atoms with E-state index in [9.17, 15) is 13.6 Å². The molecule has 1 N–H and O–H groups in total. The Kier molecular flexibility index (Phi) is 8.21. The van der Waals surface area contributed by atoms with E-state index in [4.69, 9.17) is 4.74 Å². The Balaban J connectivity index is 1.80. The third-order valence-electron chi connectivity index (χ3n) is 3.22. The van der Waals surface area contributed by atoms with Crippen molar-refractivity contribution in [3.05, 3.63) is 54.1 Å². The van der Waals surface area contributed by atoms with Crippen LogP contribution in [0, 0.1) is 11.6 Å². The Hall–Kier alpha value is -1.77. The third kappa shape index (κ3) is 6.51. The quantitative estimate of drug-likeness (QED) is 0.395. The predicted octanol–water partition coefficient (Wildman–Crippen LogP) is 3.82. The van der Waals surface area contributed by atoms with Gasteiger partial charge in [0.2, 0.25) is 0 Å². The molecule has 1 amide bonds. The number of likely N-dealkylation sites (N-methyl/N-ethyl adjacent to an activating group) is 1. The van der Waals surface area contributed by atoms with E-state index in [1.807, 2.05) is 30.3 Å². The first-order valence-corrected chi connectivity index (χ1v) is 9.67. The molecular weight excluding hydrogens is 378 g/mol. The number of nitrogens with zero attached hydrogens (tertiary/aromatic N) is 1. The summed E-state index contributed by atoms with van der Waals surface area (Å²) in [5.41, 5.74) is 0. The van der Waals surface area contributed by atoms with Crippen LogP contribution in [-0.2, 0) is 4.79 Å². The van der Waals surface area contributed by atoms with Gasteiger partial charge in [0, 0.05) is 36.2 Å². The fourth-order valence-electron chi connectivity index (χ4n) is 1.85. The van der Waals surface area contributed by atoms with E-state index in [2.05, 4.69) is 4.72 Å². The van der Waals surface area contributed by atoms with E-state index in [-0.39, 0.29) is 5.91 Å². The second-order valence-corrected chi connectivity index (χ2v) is 7.58. The molecule has 0 bridgehead atoms. The number of carbonyl (C=O) groups excluding carboxylic acids is 1. The fourth-order valence-corrected chi connectivity index (χ4v) is 3.46. The average molecular weight is 399 g/mol. The van der Waals surface area contributed by atoms with Crippen LogP contribution in [0.15, 0.2) is 52.3 Å². The lowest BCUT2D eigenvalue weighted by atomic mass is 10.3. The summed E-state index contributed by atoms with van der Waals surface area (Å²) in [5.74, 6) is -1.87. The highest BCUT2D eigenvalue weighted by Crippen LogP contribution is 2.28. The summed E-state index contributed by atoms with van der Waals surface area (Å²) < 4.78 is 36.2. The van der Waals surface area contributed by atoms with Crippen LogP contribution in [0.4, 0.5) is 8.78 Å². The zero-order valence-electron chi connectivity index (χ0n) is 14.5. The number of halogens is 2. The van der Waals surface area contributed by atoms with Crippen molar-refractivity contribution in [1.82, 2.24) is 9.62 Å². The summed E-state index contributed by atoms with van der Waals surface area (Å²) in [6.07, 6.45) is 0. The normalized spacial score (nSPS) is 10.6. The molecule has 0 aliphatic heterocycles. The summed E-state index contributed by atoms with van der Waals surface area (Å²) in [6.45, 7) is 0.261. The largest absolute Gasteiger partial charge is 0.478 e. The molecule has 0 saturated heterocycles. The summed E-state index contributed by atoms with van der Waals surface area (Å²) in [7, 11) is 3.09. The van der Waals surface area contributed by atoms with Gasteiger partial charge in [-0.2, -0.15) is 0 Å². The maximum atomic E-state index is 14.0. The van der Waals surface area contributed by atoms with E-state index < -0.39 is 24.0 Å². The maximum absolute atomic E-state index is 14.0. The Morgan fingerprint density at radius 1 is 1.12 bits per heavy atom. The molecule has 0 unspecified atom stereocenters. The molecule has 0 atom stereocenters. The van der Waals surface area contributed by atoms with Gasteiger partial charge in [0.1, 0.15) is 0 Å². The van der Waals surface area contributed by atoms with Gasteiger partial charge in [-0.3, -0.25) is 9.52 Å². The van der Waals surface area contributed by atoms with Crippen LogP contribution in [0.1, 0.15) is 0 Å². The van der Waals surface area contributed by atoms with Crippen LogP contribution in [0.5, 0.6) is 5.75 Å². The van der Waals surface area contributed by atoms with E-state index in [1.165, 1.54) is 40.7 Å². The lowest BCUT2D eigenvalue weighted by molar-refractivity contribution is -0.130. The molecule has 0 radical (unpaired) electrons. The molecule has 140 valence electrons. The first kappa shape index (κ1) is 20.5. The smallest absolute Gasteiger partial charge is 0.259 e. The molecule has 26 heavy (non-hydrogen) atoms. The first-order chi connectivity index (χ1) is 12.5. The van der Waals surface area contributed by atoms with Crippen molar-refractivity contribution < 1.29 is 18.3 Å². The standard InChI is InChI=1S/C18H20F2N2O2S2/c1-22(2)17(23)12-24-18-15(19)10-14(11-16(18)20)25-9-8-21-26-13-6-4-3-5-7-13/h3-7,10-11,21H,8-9,12H2,1-2H3. The highest BCUT2D eigenvalue weighted by molar-refractivity contribution is 7.99. The number of benzene rings is 2. The Labute approximate surface area is 160 Å². The van der Waals surface area contributed by atoms with Gasteiger partial charge in [-0.05, 0) is 36.2 Å². The van der Waals surface area contributed by atoms with Gasteiger partial charge < -0.3 is 9.64 Å². The lowest BCUT2D eigenvalue weighted by Crippen LogP contribution is -2.27. The number of rotatable bonds is 9. The van der Waals surface area contributed by atoms with Gasteiger partial charge >= 0.3 is 0 Å². The molecule has 0 aliphatic rings. The van der Waals surface area contributed by atoms with Crippen LogP contribution >= 0.6 is 23.7 Å². The second kappa shape index (κ2) is 10.4. The topological polar surface area (TPSA) is 41.6 Å². The van der Waals surface area contributed by atoms with Gasteiger partial charge in [-0.1, -0.05) is 18.2 Å². The van der Waals surface area contributed by atoms with Gasteiger partial charge in [0.15, 0.2) is 24.0 Å². The third-order valence-corrected chi connectivity index (χ3v) is 5.05. The molecule has 0 saturated carbocycles. The van der Waals surface area contributed by atoms with E-state index in [0.29, 0.717) is 17.2 Å². The molecule has 2 aromatic carbocycles. The number of ether oxygens (including phenoxy) is 1. The van der Waals surface area contributed by atoms with E-state index in [0.717, 1.165) is 4.90 Å². The molecule has 2 rings (SSSR count). The molecule has 0 spiro atoms. The minimum absolute atomic E-state index is 0.371. The van der Waals surface area contributed by atoms with Crippen molar-refractivity contribution >= 4 is 29.6 Å². The van der Waals surface area contributed by atoms with Crippen molar-refractivity contribution in [2.24, 2.45) is 0 Å². The number of nitrogens with one attached hydrogen (secondary N) is 1. The van der Waals surface area contributed by atoms with Gasteiger partial charge in [-0.15, -0.1) is 11.8 Å². The number of hydrogen-bond acceptors (Lipinski definition) is 5. The fraction of sp³-hybridized carbons (Fsp3) is 0.278. The molecule has 0 aromatic heterocycles. The monoisotopic (exact) mass is 398 g/mol. The van der Waals surface area contributed by atoms with Crippen molar-refractivity contribution in [2.75, 3.05) is 33.0 Å². The summed E-state index contributed by atoms with van der Waals surface area (Å²) in [6, 6.07) is 12.3. The van der Waals surface area contributed by atoms with Crippen LogP contribution in [0.3, 0.4) is 0 Å². The predicted molar refractivity (Wildman–Crippen MR) is 102 cm³/mol. The second-order valence-electron chi connectivity index (χ2n) is 5.45. The van der Waals surface area contributed by atoms with Gasteiger partial charge in [0.05, 0.1) is 0 Å². The molecule has 8 heteroatoms. The summed E-state index contributed by atoms with van der Waals surface area (Å²) in [4.78, 5) is 14.3. The number of carbonyl (C=O) groups is 1. The van der Waals surface area contributed by atoms with Crippen LogP contribution in [-0.4, -0.2) is 43.8 Å². The highest BCUT2D eigenvalue weighted by atomic mass is 32.2. The van der Waals surface area contributed by atoms with E-state index >= 15 is 0 Å². The van der Waals surface area contributed by atoms with Crippen molar-refractivity contribution in [3.63, 3.8) is 0 Å². The number of hydrogen-bond donors (Lipinski definition) is 1.